The summed E-state index contributed by atoms with van der Waals surface area (Å²) in [6.45, 7) is 0.754. The van der Waals surface area contributed by atoms with Gasteiger partial charge in [-0.3, -0.25) is 19.3 Å². The summed E-state index contributed by atoms with van der Waals surface area (Å²) < 4.78 is 11.2. The van der Waals surface area contributed by atoms with Gasteiger partial charge in [-0.15, -0.1) is 0 Å². The molecule has 0 radical (unpaired) electrons. The lowest BCUT2D eigenvalue weighted by Crippen LogP contribution is -2.41. The first-order valence-corrected chi connectivity index (χ1v) is 10.7. The molecule has 0 aliphatic carbocycles. The standard InChI is InChI=1S/C21H19ClN2O5S/c22-14-4-1-3-13(9-14)17-7-6-15(29-17)10-18-20(26)24(21(27)30-18)12-19(25)23-11-16-5-2-8-28-16/h1,3-4,6-7,9-10,16H,2,5,8,11-12H2,(H,23,25)/b18-10-/t16-/m0/s1. The Kier molecular flexibility index (Phi) is 6.26. The maximum Gasteiger partial charge on any atom is 0.294 e. The van der Waals surface area contributed by atoms with Crippen LogP contribution in [0.1, 0.15) is 18.6 Å². The van der Waals surface area contributed by atoms with Gasteiger partial charge in [-0.05, 0) is 48.9 Å². The fourth-order valence-corrected chi connectivity index (χ4v) is 4.23. The number of benzene rings is 1. The Morgan fingerprint density at radius 2 is 2.17 bits per heavy atom. The van der Waals surface area contributed by atoms with Gasteiger partial charge in [-0.2, -0.15) is 0 Å². The molecule has 156 valence electrons. The Labute approximate surface area is 182 Å². The van der Waals surface area contributed by atoms with Gasteiger partial charge in [-0.1, -0.05) is 23.7 Å². The number of hydrogen-bond donors (Lipinski definition) is 1. The van der Waals surface area contributed by atoms with E-state index in [0.717, 1.165) is 35.1 Å². The lowest BCUT2D eigenvalue weighted by Gasteiger charge is -2.14. The number of furan rings is 1. The number of thioether (sulfide) groups is 1. The lowest BCUT2D eigenvalue weighted by molar-refractivity contribution is -0.129. The molecule has 7 nitrogen and oxygen atoms in total. The predicted octanol–water partition coefficient (Wildman–Crippen LogP) is 3.93. The smallest absolute Gasteiger partial charge is 0.294 e. The first kappa shape index (κ1) is 20.7. The Morgan fingerprint density at radius 3 is 2.93 bits per heavy atom. The molecule has 2 aliphatic heterocycles. The van der Waals surface area contributed by atoms with Crippen molar-refractivity contribution < 1.29 is 23.5 Å². The van der Waals surface area contributed by atoms with Gasteiger partial charge in [0.05, 0.1) is 11.0 Å². The zero-order valence-corrected chi connectivity index (χ0v) is 17.5. The minimum absolute atomic E-state index is 0.00333. The number of nitrogens with zero attached hydrogens (tertiary/aromatic N) is 1. The van der Waals surface area contributed by atoms with Gasteiger partial charge in [0, 0.05) is 29.8 Å². The van der Waals surface area contributed by atoms with Crippen molar-refractivity contribution in [2.75, 3.05) is 19.7 Å². The van der Waals surface area contributed by atoms with Gasteiger partial charge in [0.2, 0.25) is 5.91 Å². The van der Waals surface area contributed by atoms with Crippen molar-refractivity contribution in [2.24, 2.45) is 0 Å². The molecular formula is C21H19ClN2O5S. The summed E-state index contributed by atoms with van der Waals surface area (Å²) >= 11 is 6.79. The first-order valence-electron chi connectivity index (χ1n) is 9.49. The van der Waals surface area contributed by atoms with E-state index in [1.54, 1.807) is 24.3 Å². The molecule has 3 heterocycles. The number of carbonyl (C=O) groups excluding carboxylic acids is 3. The van der Waals surface area contributed by atoms with Crippen LogP contribution in [0.5, 0.6) is 0 Å². The molecule has 2 saturated heterocycles. The van der Waals surface area contributed by atoms with Crippen LogP contribution >= 0.6 is 23.4 Å². The largest absolute Gasteiger partial charge is 0.457 e. The minimum atomic E-state index is -0.516. The number of ether oxygens (including phenoxy) is 1. The zero-order chi connectivity index (χ0) is 21.1. The molecule has 2 aliphatic rings. The van der Waals surface area contributed by atoms with Crippen molar-refractivity contribution in [3.05, 3.63) is 52.1 Å². The predicted molar refractivity (Wildman–Crippen MR) is 114 cm³/mol. The van der Waals surface area contributed by atoms with Crippen LogP contribution in [0.2, 0.25) is 5.02 Å². The summed E-state index contributed by atoms with van der Waals surface area (Å²) in [7, 11) is 0. The second-order valence-electron chi connectivity index (χ2n) is 6.92. The molecule has 4 rings (SSSR count). The van der Waals surface area contributed by atoms with E-state index >= 15 is 0 Å². The average molecular weight is 447 g/mol. The third-order valence-electron chi connectivity index (χ3n) is 4.74. The van der Waals surface area contributed by atoms with E-state index < -0.39 is 17.1 Å². The van der Waals surface area contributed by atoms with Crippen LogP contribution in [0.15, 0.2) is 45.7 Å². The van der Waals surface area contributed by atoms with Crippen molar-refractivity contribution in [2.45, 2.75) is 18.9 Å². The topological polar surface area (TPSA) is 88.9 Å². The van der Waals surface area contributed by atoms with Crippen LogP contribution in [0, 0.1) is 0 Å². The normalized spacial score (nSPS) is 20.4. The number of imide groups is 1. The summed E-state index contributed by atoms with van der Waals surface area (Å²) in [5, 5.41) is 2.82. The quantitative estimate of drug-likeness (QED) is 0.676. The fraction of sp³-hybridized carbons (Fsp3) is 0.286. The molecule has 0 saturated carbocycles. The van der Waals surface area contributed by atoms with E-state index in [1.165, 1.54) is 6.08 Å². The van der Waals surface area contributed by atoms with E-state index in [4.69, 9.17) is 20.8 Å². The highest BCUT2D eigenvalue weighted by Crippen LogP contribution is 2.33. The zero-order valence-electron chi connectivity index (χ0n) is 15.9. The summed E-state index contributed by atoms with van der Waals surface area (Å²) in [5.41, 5.74) is 0.804. The van der Waals surface area contributed by atoms with E-state index in [9.17, 15) is 14.4 Å². The highest BCUT2D eigenvalue weighted by atomic mass is 35.5. The lowest BCUT2D eigenvalue weighted by atomic mass is 10.2. The molecular weight excluding hydrogens is 428 g/mol. The van der Waals surface area contributed by atoms with Crippen molar-refractivity contribution in [1.29, 1.82) is 0 Å². The molecule has 1 N–H and O–H groups in total. The number of halogens is 1. The number of hydrogen-bond acceptors (Lipinski definition) is 6. The van der Waals surface area contributed by atoms with Crippen LogP contribution in [-0.2, 0) is 14.3 Å². The maximum absolute atomic E-state index is 12.6. The number of carbonyl (C=O) groups is 3. The molecule has 2 aromatic rings. The van der Waals surface area contributed by atoms with Gasteiger partial charge in [0.15, 0.2) is 0 Å². The maximum atomic E-state index is 12.6. The number of rotatable bonds is 6. The van der Waals surface area contributed by atoms with Crippen LogP contribution in [0.25, 0.3) is 17.4 Å². The molecule has 0 bridgehead atoms. The molecule has 0 unspecified atom stereocenters. The molecule has 1 atom stereocenters. The summed E-state index contributed by atoms with van der Waals surface area (Å²) in [6.07, 6.45) is 3.37. The van der Waals surface area contributed by atoms with Crippen LogP contribution in [0.3, 0.4) is 0 Å². The highest BCUT2D eigenvalue weighted by molar-refractivity contribution is 8.18. The summed E-state index contributed by atoms with van der Waals surface area (Å²) in [6, 6.07) is 10.7. The second-order valence-corrected chi connectivity index (χ2v) is 8.35. The molecule has 30 heavy (non-hydrogen) atoms. The molecule has 0 spiro atoms. The summed E-state index contributed by atoms with van der Waals surface area (Å²) in [5.74, 6) is 0.114. The van der Waals surface area contributed by atoms with E-state index in [1.807, 2.05) is 12.1 Å². The molecule has 9 heteroatoms. The molecule has 1 aromatic heterocycles. The van der Waals surface area contributed by atoms with Gasteiger partial charge < -0.3 is 14.5 Å². The number of nitrogens with one attached hydrogen (secondary N) is 1. The van der Waals surface area contributed by atoms with E-state index in [0.29, 0.717) is 29.7 Å². The van der Waals surface area contributed by atoms with E-state index in [-0.39, 0.29) is 17.6 Å². The second kappa shape index (κ2) is 9.07. The van der Waals surface area contributed by atoms with Crippen LogP contribution in [0.4, 0.5) is 4.79 Å². The van der Waals surface area contributed by atoms with Crippen molar-refractivity contribution >= 4 is 46.5 Å². The minimum Gasteiger partial charge on any atom is -0.457 e. The number of amides is 3. The van der Waals surface area contributed by atoms with E-state index in [2.05, 4.69) is 5.32 Å². The van der Waals surface area contributed by atoms with Gasteiger partial charge in [0.1, 0.15) is 18.1 Å². The van der Waals surface area contributed by atoms with Crippen LogP contribution in [-0.4, -0.2) is 47.8 Å². The third kappa shape index (κ3) is 4.77. The summed E-state index contributed by atoms with van der Waals surface area (Å²) in [4.78, 5) is 38.1. The average Bonchev–Trinajstić information content (AvgIpc) is 3.45. The van der Waals surface area contributed by atoms with Crippen molar-refractivity contribution in [3.8, 4) is 11.3 Å². The fourth-order valence-electron chi connectivity index (χ4n) is 3.23. The first-order chi connectivity index (χ1) is 14.5. The van der Waals surface area contributed by atoms with Gasteiger partial charge in [-0.25, -0.2) is 0 Å². The molecule has 3 amide bonds. The van der Waals surface area contributed by atoms with Crippen LogP contribution < -0.4 is 5.32 Å². The van der Waals surface area contributed by atoms with Crippen molar-refractivity contribution in [3.63, 3.8) is 0 Å². The highest BCUT2D eigenvalue weighted by Gasteiger charge is 2.36. The SMILES string of the molecule is O=C(CN1C(=O)S/C(=C\c2ccc(-c3cccc(Cl)c3)o2)C1=O)NC[C@@H]1CCCO1. The Balaban J connectivity index is 1.39. The van der Waals surface area contributed by atoms with Gasteiger partial charge in [0.25, 0.3) is 11.1 Å². The Hall–Kier alpha value is -2.55. The third-order valence-corrected chi connectivity index (χ3v) is 5.88. The Bertz CT molecular complexity index is 1010. The van der Waals surface area contributed by atoms with Crippen molar-refractivity contribution in [1.82, 2.24) is 10.2 Å². The molecule has 2 fully saturated rings. The Morgan fingerprint density at radius 1 is 1.30 bits per heavy atom. The molecule has 1 aromatic carbocycles. The monoisotopic (exact) mass is 446 g/mol. The van der Waals surface area contributed by atoms with Gasteiger partial charge >= 0.3 is 0 Å².